The van der Waals surface area contributed by atoms with Crippen LogP contribution in [-0.2, 0) is 4.79 Å². The van der Waals surface area contributed by atoms with Crippen LogP contribution in [0.2, 0.25) is 0 Å². The number of amides is 1. The summed E-state index contributed by atoms with van der Waals surface area (Å²) in [5, 5.41) is 9.15. The molecular formula is C15H25N3O2. The monoisotopic (exact) mass is 279 g/mol. The van der Waals surface area contributed by atoms with Crippen LogP contribution in [-0.4, -0.2) is 42.2 Å². The van der Waals surface area contributed by atoms with Crippen LogP contribution in [0.4, 0.5) is 0 Å². The predicted octanol–water partition coefficient (Wildman–Crippen LogP) is 0.855. The molecule has 0 spiro atoms. The van der Waals surface area contributed by atoms with Crippen molar-refractivity contribution in [1.29, 1.82) is 0 Å². The molecule has 0 radical (unpaired) electrons. The van der Waals surface area contributed by atoms with Gasteiger partial charge in [-0.05, 0) is 18.5 Å². The Kier molecular flexibility index (Phi) is 7.87. The van der Waals surface area contributed by atoms with Crippen LogP contribution < -0.4 is 11.3 Å². The van der Waals surface area contributed by atoms with E-state index in [9.17, 15) is 4.79 Å². The molecule has 1 atom stereocenters. The average Bonchev–Trinajstić information content (AvgIpc) is 2.50. The molecule has 0 heterocycles. The maximum Gasteiger partial charge on any atom is 0.242 e. The van der Waals surface area contributed by atoms with Crippen LogP contribution in [0, 0.1) is 0 Å². The van der Waals surface area contributed by atoms with Crippen LogP contribution >= 0.6 is 0 Å². The minimum atomic E-state index is -0.315. The largest absolute Gasteiger partial charge is 0.395 e. The summed E-state index contributed by atoms with van der Waals surface area (Å²) in [7, 11) is 0. The number of hydrogen-bond acceptors (Lipinski definition) is 4. The van der Waals surface area contributed by atoms with E-state index in [1.807, 2.05) is 30.3 Å². The van der Waals surface area contributed by atoms with Crippen molar-refractivity contribution in [3.8, 4) is 0 Å². The van der Waals surface area contributed by atoms with Crippen LogP contribution in [0.5, 0.6) is 0 Å². The number of benzene rings is 1. The van der Waals surface area contributed by atoms with E-state index in [4.69, 9.17) is 10.9 Å². The van der Waals surface area contributed by atoms with E-state index in [0.717, 1.165) is 24.9 Å². The number of nitrogens with one attached hydrogen (secondary N) is 1. The van der Waals surface area contributed by atoms with Gasteiger partial charge in [0, 0.05) is 13.1 Å². The van der Waals surface area contributed by atoms with Gasteiger partial charge in [0.1, 0.15) is 0 Å². The van der Waals surface area contributed by atoms with E-state index in [0.29, 0.717) is 13.1 Å². The third-order valence-corrected chi connectivity index (χ3v) is 3.35. The number of carbonyl (C=O) groups excluding carboxylic acids is 1. The standard InChI is InChI=1S/C15H25N3O2/c1-2-3-9-18(10-11-19)12-14(15(20)17-16)13-7-5-4-6-8-13/h4-8,14,19H,2-3,9-12,16H2,1H3,(H,17,20). The Morgan fingerprint density at radius 1 is 1.35 bits per heavy atom. The lowest BCUT2D eigenvalue weighted by atomic mass is 9.97. The molecule has 5 nitrogen and oxygen atoms in total. The first kappa shape index (κ1) is 16.6. The first-order chi connectivity index (χ1) is 9.72. The molecule has 1 aromatic rings. The summed E-state index contributed by atoms with van der Waals surface area (Å²) in [6.07, 6.45) is 2.13. The van der Waals surface area contributed by atoms with Crippen LogP contribution in [0.25, 0.3) is 0 Å². The Hall–Kier alpha value is -1.43. The number of hydrazine groups is 1. The van der Waals surface area contributed by atoms with E-state index >= 15 is 0 Å². The van der Waals surface area contributed by atoms with Crippen molar-refractivity contribution >= 4 is 5.91 Å². The average molecular weight is 279 g/mol. The van der Waals surface area contributed by atoms with E-state index in [2.05, 4.69) is 17.2 Å². The number of nitrogens with two attached hydrogens (primary N) is 1. The highest BCUT2D eigenvalue weighted by molar-refractivity contribution is 5.83. The van der Waals surface area contributed by atoms with Crippen molar-refractivity contribution in [1.82, 2.24) is 10.3 Å². The van der Waals surface area contributed by atoms with Gasteiger partial charge in [0.05, 0.1) is 12.5 Å². The Labute approximate surface area is 120 Å². The zero-order valence-electron chi connectivity index (χ0n) is 12.1. The summed E-state index contributed by atoms with van der Waals surface area (Å²) in [5.74, 6) is 4.78. The molecule has 1 aromatic carbocycles. The fourth-order valence-corrected chi connectivity index (χ4v) is 2.20. The van der Waals surface area contributed by atoms with Crippen LogP contribution in [0.3, 0.4) is 0 Å². The Balaban J connectivity index is 2.79. The van der Waals surface area contributed by atoms with Gasteiger partial charge >= 0.3 is 0 Å². The smallest absolute Gasteiger partial charge is 0.242 e. The summed E-state index contributed by atoms with van der Waals surface area (Å²) in [5.41, 5.74) is 3.18. The Morgan fingerprint density at radius 2 is 2.05 bits per heavy atom. The van der Waals surface area contributed by atoms with E-state index in [-0.39, 0.29) is 18.4 Å². The zero-order chi connectivity index (χ0) is 14.8. The predicted molar refractivity (Wildman–Crippen MR) is 79.9 cm³/mol. The van der Waals surface area contributed by atoms with Crippen molar-refractivity contribution in [2.45, 2.75) is 25.7 Å². The first-order valence-corrected chi connectivity index (χ1v) is 7.11. The molecule has 0 saturated carbocycles. The minimum Gasteiger partial charge on any atom is -0.395 e. The highest BCUT2D eigenvalue weighted by Crippen LogP contribution is 2.17. The zero-order valence-corrected chi connectivity index (χ0v) is 12.1. The lowest BCUT2D eigenvalue weighted by Gasteiger charge is -2.26. The third-order valence-electron chi connectivity index (χ3n) is 3.35. The molecule has 0 aliphatic carbocycles. The summed E-state index contributed by atoms with van der Waals surface area (Å²) in [6.45, 7) is 4.22. The summed E-state index contributed by atoms with van der Waals surface area (Å²) < 4.78 is 0. The second-order valence-electron chi connectivity index (χ2n) is 4.85. The van der Waals surface area contributed by atoms with Crippen molar-refractivity contribution in [2.75, 3.05) is 26.2 Å². The number of aliphatic hydroxyl groups is 1. The SMILES string of the molecule is CCCCN(CCO)CC(C(=O)NN)c1ccccc1. The molecule has 0 aliphatic rings. The highest BCUT2D eigenvalue weighted by atomic mass is 16.3. The number of aliphatic hydroxyl groups excluding tert-OH is 1. The van der Waals surface area contributed by atoms with Gasteiger partial charge in [0.2, 0.25) is 5.91 Å². The van der Waals surface area contributed by atoms with Gasteiger partial charge in [0.25, 0.3) is 0 Å². The maximum absolute atomic E-state index is 12.0. The van der Waals surface area contributed by atoms with Crippen LogP contribution in [0.15, 0.2) is 30.3 Å². The number of rotatable bonds is 9. The molecule has 1 amide bonds. The summed E-state index contributed by atoms with van der Waals surface area (Å²) in [6, 6.07) is 9.60. The van der Waals surface area contributed by atoms with Crippen molar-refractivity contribution in [3.63, 3.8) is 0 Å². The molecule has 112 valence electrons. The normalized spacial score (nSPS) is 12.4. The highest BCUT2D eigenvalue weighted by Gasteiger charge is 2.22. The fourth-order valence-electron chi connectivity index (χ4n) is 2.20. The molecular weight excluding hydrogens is 254 g/mol. The first-order valence-electron chi connectivity index (χ1n) is 7.11. The quantitative estimate of drug-likeness (QED) is 0.356. The van der Waals surface area contributed by atoms with Crippen molar-refractivity contribution in [2.24, 2.45) is 5.84 Å². The van der Waals surface area contributed by atoms with Gasteiger partial charge in [-0.3, -0.25) is 15.1 Å². The molecule has 0 bridgehead atoms. The summed E-state index contributed by atoms with van der Waals surface area (Å²) in [4.78, 5) is 14.1. The molecule has 1 rings (SSSR count). The van der Waals surface area contributed by atoms with E-state index < -0.39 is 0 Å². The molecule has 5 heteroatoms. The molecule has 0 saturated heterocycles. The number of unbranched alkanes of at least 4 members (excludes halogenated alkanes) is 1. The van der Waals surface area contributed by atoms with Gasteiger partial charge in [-0.25, -0.2) is 5.84 Å². The Bertz CT molecular complexity index is 384. The minimum absolute atomic E-state index is 0.0927. The lowest BCUT2D eigenvalue weighted by molar-refractivity contribution is -0.123. The summed E-state index contributed by atoms with van der Waals surface area (Å²) >= 11 is 0. The number of nitrogens with zero attached hydrogens (tertiary/aromatic N) is 1. The van der Waals surface area contributed by atoms with Crippen molar-refractivity contribution in [3.05, 3.63) is 35.9 Å². The fraction of sp³-hybridized carbons (Fsp3) is 0.533. The van der Waals surface area contributed by atoms with Crippen LogP contribution in [0.1, 0.15) is 31.2 Å². The van der Waals surface area contributed by atoms with Gasteiger partial charge in [-0.1, -0.05) is 43.7 Å². The topological polar surface area (TPSA) is 78.6 Å². The maximum atomic E-state index is 12.0. The van der Waals surface area contributed by atoms with E-state index in [1.54, 1.807) is 0 Å². The molecule has 0 aromatic heterocycles. The van der Waals surface area contributed by atoms with Gasteiger partial charge in [-0.2, -0.15) is 0 Å². The lowest BCUT2D eigenvalue weighted by Crippen LogP contribution is -2.41. The van der Waals surface area contributed by atoms with Crippen molar-refractivity contribution < 1.29 is 9.90 Å². The second kappa shape index (κ2) is 9.47. The molecule has 4 N–H and O–H groups in total. The molecule has 1 unspecified atom stereocenters. The third kappa shape index (κ3) is 5.28. The Morgan fingerprint density at radius 3 is 2.60 bits per heavy atom. The molecule has 0 aliphatic heterocycles. The van der Waals surface area contributed by atoms with Gasteiger partial charge < -0.3 is 5.11 Å². The molecule has 0 fully saturated rings. The molecule has 20 heavy (non-hydrogen) atoms. The second-order valence-corrected chi connectivity index (χ2v) is 4.85. The van der Waals surface area contributed by atoms with Gasteiger partial charge in [-0.15, -0.1) is 0 Å². The number of carbonyl (C=O) groups is 1. The van der Waals surface area contributed by atoms with Gasteiger partial charge in [0.15, 0.2) is 0 Å². The van der Waals surface area contributed by atoms with E-state index in [1.165, 1.54) is 0 Å². The number of hydrogen-bond donors (Lipinski definition) is 3.